The number of rotatable bonds is 12. The second-order valence-corrected chi connectivity index (χ2v) is 8.53. The van der Waals surface area contributed by atoms with Gasteiger partial charge in [-0.2, -0.15) is 0 Å². The summed E-state index contributed by atoms with van der Waals surface area (Å²) in [5.74, 6) is -1.81. The fourth-order valence-electron chi connectivity index (χ4n) is 4.20. The Morgan fingerprint density at radius 2 is 1.26 bits per heavy atom. The van der Waals surface area contributed by atoms with Crippen LogP contribution in [-0.2, 0) is 27.3 Å². The number of carbonyl (C=O) groups excluding carboxylic acids is 3. The Hall–Kier alpha value is -3.97. The highest BCUT2D eigenvalue weighted by atomic mass is 16.2. The van der Waals surface area contributed by atoms with Crippen LogP contribution in [0, 0.1) is 0 Å². The average molecular weight is 473 g/mol. The van der Waals surface area contributed by atoms with Gasteiger partial charge in [-0.3, -0.25) is 14.4 Å². The van der Waals surface area contributed by atoms with Crippen LogP contribution in [0.3, 0.4) is 0 Å². The molecule has 3 rings (SSSR count). The van der Waals surface area contributed by atoms with Gasteiger partial charge in [-0.15, -0.1) is 0 Å². The maximum absolute atomic E-state index is 14.2. The fraction of sp³-hybridized carbons (Fsp3) is 0.250. The summed E-state index contributed by atoms with van der Waals surface area (Å²) in [6.45, 7) is 0.568. The van der Waals surface area contributed by atoms with Gasteiger partial charge >= 0.3 is 0 Å². The molecular formula is C28H32N4O3. The molecule has 182 valence electrons. The number of carbonyl (C=O) groups is 3. The highest BCUT2D eigenvalue weighted by Crippen LogP contribution is 2.29. The van der Waals surface area contributed by atoms with E-state index in [1.54, 1.807) is 17.0 Å². The Balaban J connectivity index is 2.02. The average Bonchev–Trinajstić information content (AvgIpc) is 2.85. The van der Waals surface area contributed by atoms with Crippen LogP contribution in [0.4, 0.5) is 0 Å². The molecule has 1 atom stereocenters. The van der Waals surface area contributed by atoms with Crippen molar-refractivity contribution in [3.8, 4) is 0 Å². The van der Waals surface area contributed by atoms with E-state index in [1.807, 2.05) is 72.8 Å². The van der Waals surface area contributed by atoms with Crippen molar-refractivity contribution in [3.05, 3.63) is 107 Å². The van der Waals surface area contributed by atoms with E-state index in [9.17, 15) is 14.4 Å². The minimum atomic E-state index is -0.814. The van der Waals surface area contributed by atoms with Crippen LogP contribution in [-0.4, -0.2) is 35.2 Å². The fourth-order valence-corrected chi connectivity index (χ4v) is 4.20. The zero-order valence-corrected chi connectivity index (χ0v) is 19.7. The van der Waals surface area contributed by atoms with Gasteiger partial charge in [0.2, 0.25) is 17.7 Å². The van der Waals surface area contributed by atoms with Crippen molar-refractivity contribution in [1.29, 1.82) is 0 Å². The van der Waals surface area contributed by atoms with E-state index in [4.69, 9.17) is 17.2 Å². The van der Waals surface area contributed by atoms with Crippen LogP contribution >= 0.6 is 0 Å². The van der Waals surface area contributed by atoms with E-state index in [0.717, 1.165) is 22.3 Å². The molecule has 3 aromatic rings. The number of hydrogen-bond donors (Lipinski definition) is 3. The zero-order chi connectivity index (χ0) is 25.2. The van der Waals surface area contributed by atoms with Gasteiger partial charge in [0.05, 0.1) is 12.3 Å². The molecule has 7 nitrogen and oxygen atoms in total. The molecule has 0 aromatic heterocycles. The molecule has 0 aliphatic heterocycles. The van der Waals surface area contributed by atoms with Gasteiger partial charge in [0.1, 0.15) is 6.04 Å². The predicted molar refractivity (Wildman–Crippen MR) is 136 cm³/mol. The molecule has 0 heterocycles. The summed E-state index contributed by atoms with van der Waals surface area (Å²) in [4.78, 5) is 39.5. The number of primary amides is 2. The molecule has 0 saturated carbocycles. The quantitative estimate of drug-likeness (QED) is 0.373. The third kappa shape index (κ3) is 7.01. The van der Waals surface area contributed by atoms with Gasteiger partial charge < -0.3 is 22.1 Å². The van der Waals surface area contributed by atoms with Gasteiger partial charge in [0.15, 0.2) is 0 Å². The number of hydrogen-bond acceptors (Lipinski definition) is 4. The topological polar surface area (TPSA) is 133 Å². The maximum Gasteiger partial charge on any atom is 0.240 e. The normalized spacial score (nSPS) is 11.7. The molecule has 35 heavy (non-hydrogen) atoms. The number of nitrogens with zero attached hydrogens (tertiary/aromatic N) is 1. The zero-order valence-electron chi connectivity index (χ0n) is 19.7. The van der Waals surface area contributed by atoms with E-state index in [-0.39, 0.29) is 18.9 Å². The molecule has 6 N–H and O–H groups in total. The summed E-state index contributed by atoms with van der Waals surface area (Å²) in [5, 5.41) is 0. The van der Waals surface area contributed by atoms with Gasteiger partial charge in [0.25, 0.3) is 0 Å². The molecule has 0 saturated heterocycles. The van der Waals surface area contributed by atoms with Crippen LogP contribution < -0.4 is 17.2 Å². The Kier molecular flexibility index (Phi) is 9.15. The van der Waals surface area contributed by atoms with Crippen LogP contribution in [0.2, 0.25) is 0 Å². The van der Waals surface area contributed by atoms with Crippen molar-refractivity contribution in [2.24, 2.45) is 17.2 Å². The number of amides is 3. The highest BCUT2D eigenvalue weighted by molar-refractivity contribution is 5.92. The first-order chi connectivity index (χ1) is 16.9. The van der Waals surface area contributed by atoms with Crippen molar-refractivity contribution in [1.82, 2.24) is 4.90 Å². The largest absolute Gasteiger partial charge is 0.369 e. The Morgan fingerprint density at radius 3 is 1.71 bits per heavy atom. The first-order valence-electron chi connectivity index (χ1n) is 11.7. The lowest BCUT2D eigenvalue weighted by Crippen LogP contribution is -2.49. The van der Waals surface area contributed by atoms with Gasteiger partial charge in [-0.25, -0.2) is 0 Å². The van der Waals surface area contributed by atoms with Crippen molar-refractivity contribution in [2.75, 3.05) is 6.54 Å². The SMILES string of the molecule is NCCC[C@H](C(N)=O)N(Cc1ccc(CC(N)=O)cc1)C(=O)C(c1ccccc1)c1ccccc1. The van der Waals surface area contributed by atoms with Crippen LogP contribution in [0.5, 0.6) is 0 Å². The monoisotopic (exact) mass is 472 g/mol. The van der Waals surface area contributed by atoms with E-state index >= 15 is 0 Å². The molecular weight excluding hydrogens is 440 g/mol. The smallest absolute Gasteiger partial charge is 0.240 e. The van der Waals surface area contributed by atoms with Crippen LogP contribution in [0.1, 0.15) is 41.0 Å². The Labute approximate surface area is 205 Å². The maximum atomic E-state index is 14.2. The first kappa shape index (κ1) is 25.6. The molecule has 0 aliphatic rings. The van der Waals surface area contributed by atoms with Crippen molar-refractivity contribution < 1.29 is 14.4 Å². The third-order valence-electron chi connectivity index (χ3n) is 5.94. The second kappa shape index (κ2) is 12.5. The minimum absolute atomic E-state index is 0.132. The summed E-state index contributed by atoms with van der Waals surface area (Å²) in [7, 11) is 0. The third-order valence-corrected chi connectivity index (χ3v) is 5.94. The molecule has 0 fully saturated rings. The van der Waals surface area contributed by atoms with E-state index in [1.165, 1.54) is 0 Å². The van der Waals surface area contributed by atoms with E-state index in [2.05, 4.69) is 0 Å². The van der Waals surface area contributed by atoms with E-state index in [0.29, 0.717) is 19.4 Å². The molecule has 0 aliphatic carbocycles. The van der Waals surface area contributed by atoms with Gasteiger partial charge in [0, 0.05) is 6.54 Å². The lowest BCUT2D eigenvalue weighted by molar-refractivity contribution is -0.141. The van der Waals surface area contributed by atoms with Crippen LogP contribution in [0.25, 0.3) is 0 Å². The highest BCUT2D eigenvalue weighted by Gasteiger charge is 2.34. The van der Waals surface area contributed by atoms with Gasteiger partial charge in [-0.05, 0) is 41.6 Å². The first-order valence-corrected chi connectivity index (χ1v) is 11.7. The molecule has 0 bridgehead atoms. The summed E-state index contributed by atoms with van der Waals surface area (Å²) in [5.41, 5.74) is 20.0. The summed E-state index contributed by atoms with van der Waals surface area (Å²) in [6, 6.07) is 25.4. The molecule has 7 heteroatoms. The summed E-state index contributed by atoms with van der Waals surface area (Å²) in [6.07, 6.45) is 1.05. The number of nitrogens with two attached hydrogens (primary N) is 3. The van der Waals surface area contributed by atoms with Crippen molar-refractivity contribution >= 4 is 17.7 Å². The Morgan fingerprint density at radius 1 is 0.743 bits per heavy atom. The summed E-state index contributed by atoms with van der Waals surface area (Å²) >= 11 is 0. The second-order valence-electron chi connectivity index (χ2n) is 8.53. The molecule has 0 radical (unpaired) electrons. The van der Waals surface area contributed by atoms with Crippen molar-refractivity contribution in [2.45, 2.75) is 37.8 Å². The molecule has 0 spiro atoms. The minimum Gasteiger partial charge on any atom is -0.369 e. The Bertz CT molecular complexity index is 1080. The molecule has 3 amide bonds. The number of benzene rings is 3. The standard InChI is InChI=1S/C28H32N4O3/c29-17-7-12-24(27(31)34)32(19-21-15-13-20(14-16-21)18-25(30)33)28(35)26(22-8-3-1-4-9-22)23-10-5-2-6-11-23/h1-6,8-11,13-16,24,26H,7,12,17-19,29H2,(H2,30,33)(H2,31,34)/t24-/m1/s1. The lowest BCUT2D eigenvalue weighted by atomic mass is 9.89. The van der Waals surface area contributed by atoms with Crippen LogP contribution in [0.15, 0.2) is 84.9 Å². The van der Waals surface area contributed by atoms with Gasteiger partial charge in [-0.1, -0.05) is 84.9 Å². The molecule has 0 unspecified atom stereocenters. The lowest BCUT2D eigenvalue weighted by Gasteiger charge is -2.33. The summed E-state index contributed by atoms with van der Waals surface area (Å²) < 4.78 is 0. The van der Waals surface area contributed by atoms with Crippen molar-refractivity contribution in [3.63, 3.8) is 0 Å². The molecule has 3 aromatic carbocycles. The van der Waals surface area contributed by atoms with E-state index < -0.39 is 23.8 Å². The predicted octanol–water partition coefficient (Wildman–Crippen LogP) is 2.47.